The van der Waals surface area contributed by atoms with Crippen molar-refractivity contribution in [2.24, 2.45) is 5.92 Å². The van der Waals surface area contributed by atoms with Crippen LogP contribution in [0.4, 0.5) is 4.79 Å². The lowest BCUT2D eigenvalue weighted by atomic mass is 9.83. The minimum absolute atomic E-state index is 0.0545. The Morgan fingerprint density at radius 3 is 2.37 bits per heavy atom. The van der Waals surface area contributed by atoms with Crippen molar-refractivity contribution in [2.45, 2.75) is 97.0 Å². The molecule has 0 aliphatic carbocycles. The summed E-state index contributed by atoms with van der Waals surface area (Å²) in [5.41, 5.74) is 0.527. The molecule has 3 unspecified atom stereocenters. The highest BCUT2D eigenvalue weighted by molar-refractivity contribution is 5.77. The van der Waals surface area contributed by atoms with Crippen LogP contribution in [0.25, 0.3) is 0 Å². The second-order valence-corrected chi connectivity index (χ2v) is 10.5. The first-order chi connectivity index (χ1) is 16.4. The Morgan fingerprint density at radius 1 is 1.17 bits per heavy atom. The van der Waals surface area contributed by atoms with Gasteiger partial charge < -0.3 is 20.1 Å². The summed E-state index contributed by atoms with van der Waals surface area (Å²) in [6.07, 6.45) is 2.44. The summed E-state index contributed by atoms with van der Waals surface area (Å²) < 4.78 is 10.6. The van der Waals surface area contributed by atoms with E-state index >= 15 is 0 Å². The van der Waals surface area contributed by atoms with Crippen LogP contribution in [0, 0.1) is 5.92 Å². The number of ether oxygens (including phenoxy) is 2. The molecule has 2 rings (SSSR count). The minimum Gasteiger partial charge on any atom is -0.459 e. The maximum Gasteiger partial charge on any atom is 0.407 e. The van der Waals surface area contributed by atoms with Crippen molar-refractivity contribution in [2.75, 3.05) is 13.7 Å². The first-order valence-corrected chi connectivity index (χ1v) is 12.6. The van der Waals surface area contributed by atoms with Gasteiger partial charge in [0.25, 0.3) is 0 Å². The molecule has 196 valence electrons. The molecule has 1 aromatic carbocycles. The van der Waals surface area contributed by atoms with E-state index in [4.69, 9.17) is 9.47 Å². The third kappa shape index (κ3) is 8.84. The molecule has 2 N–H and O–H groups in total. The van der Waals surface area contributed by atoms with Gasteiger partial charge in [-0.05, 0) is 58.4 Å². The molecule has 8 heteroatoms. The Hall–Kier alpha value is -2.61. The number of hydrogen-bond acceptors (Lipinski definition) is 6. The number of hydrogen-bond donors (Lipinski definition) is 2. The predicted molar refractivity (Wildman–Crippen MR) is 136 cm³/mol. The van der Waals surface area contributed by atoms with Crippen LogP contribution in [0.3, 0.4) is 0 Å². The number of nitrogens with zero attached hydrogens (tertiary/aromatic N) is 1. The Kier molecular flexibility index (Phi) is 10.6. The minimum atomic E-state index is -0.627. The van der Waals surface area contributed by atoms with E-state index in [0.29, 0.717) is 19.4 Å². The van der Waals surface area contributed by atoms with Gasteiger partial charge in [-0.15, -0.1) is 0 Å². The lowest BCUT2D eigenvalue weighted by Crippen LogP contribution is -2.54. The summed E-state index contributed by atoms with van der Waals surface area (Å²) in [6.45, 7) is 11.7. The molecule has 2 amide bonds. The largest absolute Gasteiger partial charge is 0.459 e. The maximum absolute atomic E-state index is 13.4. The lowest BCUT2D eigenvalue weighted by Gasteiger charge is -2.41. The third-order valence-electron chi connectivity index (χ3n) is 6.43. The molecule has 1 aliphatic rings. The highest BCUT2D eigenvalue weighted by Gasteiger charge is 2.45. The Morgan fingerprint density at radius 2 is 1.83 bits per heavy atom. The lowest BCUT2D eigenvalue weighted by molar-refractivity contribution is -0.161. The average Bonchev–Trinajstić information content (AvgIpc) is 3.18. The van der Waals surface area contributed by atoms with E-state index in [1.165, 1.54) is 14.0 Å². The molecule has 1 fully saturated rings. The van der Waals surface area contributed by atoms with Gasteiger partial charge in [0, 0.05) is 31.6 Å². The SMILES string of the molecule is CCC[C@@H](C(C)NC(C)=O)[C@H](Cc1ccccc1)N1CC(NC(=O)OC)CC1C(=O)OC(C)(C)C. The number of carbonyl (C=O) groups is 3. The fraction of sp³-hybridized carbons (Fsp3) is 0.667. The molecule has 0 radical (unpaired) electrons. The van der Waals surface area contributed by atoms with Crippen molar-refractivity contribution in [1.82, 2.24) is 15.5 Å². The van der Waals surface area contributed by atoms with E-state index in [2.05, 4.69) is 34.6 Å². The van der Waals surface area contributed by atoms with E-state index in [9.17, 15) is 14.4 Å². The summed E-state index contributed by atoms with van der Waals surface area (Å²) in [5, 5.41) is 5.96. The van der Waals surface area contributed by atoms with E-state index in [0.717, 1.165) is 18.4 Å². The van der Waals surface area contributed by atoms with Crippen LogP contribution in [-0.2, 0) is 25.5 Å². The summed E-state index contributed by atoms with van der Waals surface area (Å²) in [4.78, 5) is 39.5. The fourth-order valence-electron chi connectivity index (χ4n) is 5.07. The van der Waals surface area contributed by atoms with Gasteiger partial charge in [0.15, 0.2) is 0 Å². The molecule has 5 atom stereocenters. The van der Waals surface area contributed by atoms with Gasteiger partial charge in [-0.25, -0.2) is 4.79 Å². The molecule has 35 heavy (non-hydrogen) atoms. The monoisotopic (exact) mass is 489 g/mol. The van der Waals surface area contributed by atoms with Gasteiger partial charge in [-0.2, -0.15) is 0 Å². The molecule has 1 aromatic rings. The Balaban J connectivity index is 2.48. The number of amides is 2. The molecular formula is C27H43N3O5. The van der Waals surface area contributed by atoms with Crippen LogP contribution in [0.15, 0.2) is 30.3 Å². The fourth-order valence-corrected chi connectivity index (χ4v) is 5.07. The van der Waals surface area contributed by atoms with Crippen molar-refractivity contribution >= 4 is 18.0 Å². The molecule has 8 nitrogen and oxygen atoms in total. The normalized spacial score (nSPS) is 21.0. The molecule has 0 bridgehead atoms. The smallest absolute Gasteiger partial charge is 0.407 e. The zero-order chi connectivity index (χ0) is 26.2. The van der Waals surface area contributed by atoms with Crippen LogP contribution in [-0.4, -0.2) is 66.3 Å². The zero-order valence-corrected chi connectivity index (χ0v) is 22.3. The summed E-state index contributed by atoms with van der Waals surface area (Å²) in [5.74, 6) is -0.287. The van der Waals surface area contributed by atoms with Crippen LogP contribution in [0.2, 0.25) is 0 Å². The van der Waals surface area contributed by atoms with Crippen LogP contribution >= 0.6 is 0 Å². The molecule has 0 aromatic heterocycles. The topological polar surface area (TPSA) is 97.0 Å². The van der Waals surface area contributed by atoms with Gasteiger partial charge >= 0.3 is 12.1 Å². The Labute approximate surface area is 210 Å². The Bertz CT molecular complexity index is 839. The van der Waals surface area contributed by atoms with Gasteiger partial charge in [-0.3, -0.25) is 14.5 Å². The van der Waals surface area contributed by atoms with Gasteiger partial charge in [0.1, 0.15) is 11.6 Å². The summed E-state index contributed by atoms with van der Waals surface area (Å²) in [7, 11) is 1.33. The number of rotatable bonds is 10. The van der Waals surface area contributed by atoms with Gasteiger partial charge in [0.05, 0.1) is 7.11 Å². The van der Waals surface area contributed by atoms with E-state index in [-0.39, 0.29) is 35.9 Å². The third-order valence-corrected chi connectivity index (χ3v) is 6.43. The second kappa shape index (κ2) is 12.9. The van der Waals surface area contributed by atoms with E-state index in [1.807, 2.05) is 45.9 Å². The van der Waals surface area contributed by atoms with Crippen molar-refractivity contribution in [1.29, 1.82) is 0 Å². The number of carbonyl (C=O) groups excluding carboxylic acids is 3. The van der Waals surface area contributed by atoms with Crippen molar-refractivity contribution in [3.05, 3.63) is 35.9 Å². The summed E-state index contributed by atoms with van der Waals surface area (Å²) >= 11 is 0. The molecular weight excluding hydrogens is 446 g/mol. The van der Waals surface area contributed by atoms with E-state index < -0.39 is 17.7 Å². The second-order valence-electron chi connectivity index (χ2n) is 10.5. The standard InChI is InChI=1S/C27H43N3O5/c1-8-12-22(18(2)28-19(3)31)23(15-20-13-10-9-11-14-20)30-17-21(29-26(33)34-7)16-24(30)25(32)35-27(4,5)6/h9-11,13-14,18,21-24H,8,12,15-17H2,1-7H3,(H,28,31)(H,29,33)/t18?,21?,22-,23-,24?/m0/s1. The predicted octanol–water partition coefficient (Wildman–Crippen LogP) is 3.68. The number of benzene rings is 1. The number of likely N-dealkylation sites (tertiary alicyclic amines) is 1. The van der Waals surface area contributed by atoms with Gasteiger partial charge in [-0.1, -0.05) is 43.7 Å². The number of alkyl carbamates (subject to hydrolysis) is 1. The zero-order valence-electron chi connectivity index (χ0n) is 22.3. The van der Waals surface area contributed by atoms with Crippen LogP contribution in [0.5, 0.6) is 0 Å². The molecule has 0 saturated carbocycles. The first kappa shape index (κ1) is 28.6. The van der Waals surface area contributed by atoms with Crippen LogP contribution < -0.4 is 10.6 Å². The molecule has 1 heterocycles. The number of esters is 1. The quantitative estimate of drug-likeness (QED) is 0.487. The summed E-state index contributed by atoms with van der Waals surface area (Å²) in [6, 6.07) is 9.26. The number of methoxy groups -OCH3 is 1. The first-order valence-electron chi connectivity index (χ1n) is 12.6. The van der Waals surface area contributed by atoms with Gasteiger partial charge in [0.2, 0.25) is 5.91 Å². The van der Waals surface area contributed by atoms with Crippen molar-refractivity contribution in [3.8, 4) is 0 Å². The van der Waals surface area contributed by atoms with Crippen molar-refractivity contribution < 1.29 is 23.9 Å². The highest BCUT2D eigenvalue weighted by atomic mass is 16.6. The molecule has 0 spiro atoms. The molecule has 1 aliphatic heterocycles. The highest BCUT2D eigenvalue weighted by Crippen LogP contribution is 2.32. The molecule has 1 saturated heterocycles. The van der Waals surface area contributed by atoms with Crippen molar-refractivity contribution in [3.63, 3.8) is 0 Å². The maximum atomic E-state index is 13.4. The average molecular weight is 490 g/mol. The van der Waals surface area contributed by atoms with E-state index in [1.54, 1.807) is 0 Å². The van der Waals surface area contributed by atoms with Crippen LogP contribution in [0.1, 0.15) is 66.4 Å². The number of nitrogens with one attached hydrogen (secondary N) is 2.